The number of ketones is 1. The van der Waals surface area contributed by atoms with Gasteiger partial charge < -0.3 is 55.1 Å². The Hall–Kier alpha value is -0.500. The Morgan fingerprint density at radius 2 is 1.37 bits per heavy atom. The summed E-state index contributed by atoms with van der Waals surface area (Å²) >= 11 is 0. The van der Waals surface area contributed by atoms with E-state index in [1.807, 2.05) is 26.8 Å². The number of aliphatic hydroxyl groups excluding tert-OH is 5. The molecule has 0 aromatic carbocycles. The Balaban J connectivity index is 0.00000341. The predicted molar refractivity (Wildman–Crippen MR) is 214 cm³/mol. The van der Waals surface area contributed by atoms with Crippen LogP contribution in [0.4, 0.5) is 0 Å². The number of fused-ring (bicyclic) bond motifs is 7. The first kappa shape index (κ1) is 50.5. The number of carbonyl (C=O) groups is 4. The number of aliphatic carboxylic acids is 3. The smallest absolute Gasteiger partial charge is 0.335 e. The van der Waals surface area contributed by atoms with Gasteiger partial charge in [-0.15, -0.1) is 0 Å². The van der Waals surface area contributed by atoms with Gasteiger partial charge in [-0.05, 0) is 116 Å². The maximum Gasteiger partial charge on any atom is 0.335 e. The number of aliphatic hydroxyl groups is 5. The summed E-state index contributed by atoms with van der Waals surface area (Å²) in [4.78, 5) is 51.5. The van der Waals surface area contributed by atoms with Crippen molar-refractivity contribution < 1.29 is 74.2 Å². The van der Waals surface area contributed by atoms with Crippen molar-refractivity contribution >= 4 is 82.8 Å². The van der Waals surface area contributed by atoms with Gasteiger partial charge >= 0.3 is 17.9 Å². The van der Waals surface area contributed by atoms with Gasteiger partial charge in [-0.2, -0.15) is 0 Å². The van der Waals surface area contributed by atoms with E-state index in [0.29, 0.717) is 25.7 Å². The molecule has 19 atom stereocenters. The summed E-state index contributed by atoms with van der Waals surface area (Å²) in [5, 5.41) is 83.6. The van der Waals surface area contributed by atoms with Crippen molar-refractivity contribution in [3.8, 4) is 0 Å². The molecule has 15 nitrogen and oxygen atoms in total. The first-order valence-electron chi connectivity index (χ1n) is 21.1. The molecule has 0 bridgehead atoms. The van der Waals surface area contributed by atoms with E-state index in [1.54, 1.807) is 0 Å². The third kappa shape index (κ3) is 7.59. The number of carboxylic acids is 3. The molecule has 0 aromatic rings. The van der Waals surface area contributed by atoms with E-state index in [9.17, 15) is 60.0 Å². The van der Waals surface area contributed by atoms with Crippen LogP contribution in [0.15, 0.2) is 11.6 Å². The van der Waals surface area contributed by atoms with Crippen LogP contribution in [0.1, 0.15) is 113 Å². The SMILES string of the molecule is CC1(C)[C@@H](O[C@H]2O[C@H](C(=O)O)[C@@H](O)[C@H](O)[C@H]2O[C@@H]2C[C@H](C(=O)O)[C@@H](O)[C@H](O)[C@H]2O)CC[C@]2(C)[C@H]3C(=O)C=C4[C@@H]5C[C@@](C)(C(=O)O)CC[C@]5(C)CC[C@@]4(C)[C@]3(C)CC[C@@H]12.[Na].[Na]. The van der Waals surface area contributed by atoms with Crippen LogP contribution in [-0.4, -0.2) is 185 Å². The van der Waals surface area contributed by atoms with Crippen LogP contribution in [0.2, 0.25) is 0 Å². The van der Waals surface area contributed by atoms with Crippen molar-refractivity contribution in [2.75, 3.05) is 0 Å². The van der Waals surface area contributed by atoms with E-state index in [0.717, 1.165) is 37.7 Å². The van der Waals surface area contributed by atoms with Crippen molar-refractivity contribution in [2.45, 2.75) is 174 Å². The van der Waals surface area contributed by atoms with E-state index >= 15 is 0 Å². The molecule has 0 aromatic heterocycles. The minimum Gasteiger partial charge on any atom is -0.481 e. The van der Waals surface area contributed by atoms with Crippen LogP contribution in [0, 0.1) is 56.2 Å². The topological polar surface area (TPSA) is 258 Å². The third-order valence-electron chi connectivity index (χ3n) is 17.7. The van der Waals surface area contributed by atoms with E-state index in [-0.39, 0.29) is 93.5 Å². The Morgan fingerprint density at radius 3 is 1.97 bits per heavy atom. The molecule has 7 aliphatic rings. The molecule has 6 fully saturated rings. The molecule has 6 aliphatic carbocycles. The minimum atomic E-state index is -1.99. The van der Waals surface area contributed by atoms with Crippen LogP contribution in [0.5, 0.6) is 0 Å². The Bertz CT molecular complexity index is 1740. The van der Waals surface area contributed by atoms with Gasteiger partial charge in [0, 0.05) is 65.0 Å². The van der Waals surface area contributed by atoms with Gasteiger partial charge in [0.2, 0.25) is 0 Å². The van der Waals surface area contributed by atoms with Gasteiger partial charge in [0.05, 0.1) is 29.6 Å². The first-order valence-corrected chi connectivity index (χ1v) is 21.1. The standard InChI is InChI=1S/C43H64O15.2Na/c1-38(2)24-8-11-43(7)33(22(44)17-20-21-18-40(4,37(54)55)13-12-39(21,3)14-15-42(20,43)6)41(24,5)10-9-25(38)57-36-32(30(49)29(48)31(58-36)35(52)53)56-23-16-19(34(50)51)26(45)28(47)27(23)46;;/h17,19,21,23-33,36,45-49H,8-16,18H2,1-7H3,(H,50,51)(H,52,53)(H,54,55);;/t19-,21-,23+,24-,25-,26+,27-,28-,29-,30-,31-,32+,33+,36-,39+,40-,41-,42+,43+;;/m0../s1. The molecule has 17 heteroatoms. The minimum absolute atomic E-state index is 0. The average Bonchev–Trinajstić information content (AvgIpc) is 3.13. The molecule has 7 rings (SSSR count). The largest absolute Gasteiger partial charge is 0.481 e. The number of ether oxygens (including phenoxy) is 3. The van der Waals surface area contributed by atoms with Gasteiger partial charge in [0.15, 0.2) is 18.2 Å². The zero-order valence-electron chi connectivity index (χ0n) is 36.7. The van der Waals surface area contributed by atoms with Gasteiger partial charge in [-0.1, -0.05) is 47.1 Å². The van der Waals surface area contributed by atoms with Crippen LogP contribution in [-0.2, 0) is 33.4 Å². The van der Waals surface area contributed by atoms with Gasteiger partial charge in [0.1, 0.15) is 30.5 Å². The second-order valence-electron chi connectivity index (χ2n) is 21.1. The normalized spacial score (nSPS) is 50.8. The number of rotatable bonds is 7. The fourth-order valence-electron chi connectivity index (χ4n) is 13.8. The summed E-state index contributed by atoms with van der Waals surface area (Å²) in [6.07, 6.45) is -9.05. The quantitative estimate of drug-likeness (QED) is 0.135. The Labute approximate surface area is 396 Å². The van der Waals surface area contributed by atoms with Crippen molar-refractivity contribution in [3.63, 3.8) is 0 Å². The maximum absolute atomic E-state index is 14.9. The van der Waals surface area contributed by atoms with E-state index < -0.39 is 113 Å². The van der Waals surface area contributed by atoms with Gasteiger partial charge in [-0.25, -0.2) is 4.79 Å². The molecular weight excluding hydrogens is 802 g/mol. The summed E-state index contributed by atoms with van der Waals surface area (Å²) < 4.78 is 18.4. The molecule has 0 spiro atoms. The molecule has 1 heterocycles. The van der Waals surface area contributed by atoms with Crippen molar-refractivity contribution in [3.05, 3.63) is 11.6 Å². The Kier molecular flexibility index (Phi) is 14.4. The van der Waals surface area contributed by atoms with Crippen molar-refractivity contribution in [2.24, 2.45) is 56.2 Å². The van der Waals surface area contributed by atoms with Crippen LogP contribution >= 0.6 is 0 Å². The molecule has 0 unspecified atom stereocenters. The Morgan fingerprint density at radius 1 is 0.733 bits per heavy atom. The third-order valence-corrected chi connectivity index (χ3v) is 17.7. The van der Waals surface area contributed by atoms with Gasteiger partial charge in [0.25, 0.3) is 0 Å². The summed E-state index contributed by atoms with van der Waals surface area (Å²) in [5.74, 6) is -5.68. The fourth-order valence-corrected chi connectivity index (χ4v) is 13.8. The summed E-state index contributed by atoms with van der Waals surface area (Å²) in [6, 6.07) is 0. The number of hydrogen-bond acceptors (Lipinski definition) is 12. The van der Waals surface area contributed by atoms with Crippen molar-refractivity contribution in [1.82, 2.24) is 0 Å². The molecule has 60 heavy (non-hydrogen) atoms. The molecule has 0 amide bonds. The number of carbonyl (C=O) groups excluding carboxylic acids is 1. The summed E-state index contributed by atoms with van der Waals surface area (Å²) in [5.41, 5.74) is -1.71. The predicted octanol–water partition coefficient (Wildman–Crippen LogP) is 2.15. The first-order chi connectivity index (χ1) is 26.8. The van der Waals surface area contributed by atoms with E-state index in [2.05, 4.69) is 27.7 Å². The average molecular weight is 867 g/mol. The van der Waals surface area contributed by atoms with Crippen LogP contribution in [0.3, 0.4) is 0 Å². The molecule has 328 valence electrons. The van der Waals surface area contributed by atoms with Crippen LogP contribution in [0.25, 0.3) is 0 Å². The summed E-state index contributed by atoms with van der Waals surface area (Å²) in [7, 11) is 0. The second kappa shape index (κ2) is 17.1. The molecular formula is C43H64Na2O15. The number of carboxylic acid groups (broad SMARTS) is 3. The van der Waals surface area contributed by atoms with Crippen LogP contribution < -0.4 is 0 Å². The maximum atomic E-state index is 14.9. The van der Waals surface area contributed by atoms with E-state index in [4.69, 9.17) is 14.2 Å². The molecule has 5 saturated carbocycles. The van der Waals surface area contributed by atoms with Crippen molar-refractivity contribution in [1.29, 1.82) is 0 Å². The fraction of sp³-hybridized carbons (Fsp3) is 0.860. The summed E-state index contributed by atoms with van der Waals surface area (Å²) in [6.45, 7) is 14.9. The van der Waals surface area contributed by atoms with Gasteiger partial charge in [-0.3, -0.25) is 14.4 Å². The monoisotopic (exact) mass is 866 g/mol. The van der Waals surface area contributed by atoms with E-state index in [1.165, 1.54) is 0 Å². The molecule has 1 saturated heterocycles. The second-order valence-corrected chi connectivity index (χ2v) is 21.1. The molecule has 8 N–H and O–H groups in total. The zero-order valence-corrected chi connectivity index (χ0v) is 40.7. The zero-order chi connectivity index (χ0) is 42.9. The molecule has 1 aliphatic heterocycles. The number of allylic oxidation sites excluding steroid dienone is 2. The molecule has 2 radical (unpaired) electrons. The number of hydrogen-bond donors (Lipinski definition) is 8.